The molecule has 0 aromatic carbocycles. The number of nitrogens with zero attached hydrogens (tertiary/aromatic N) is 3. The Morgan fingerprint density at radius 3 is 2.88 bits per heavy atom. The highest BCUT2D eigenvalue weighted by atomic mass is 16.5. The number of aromatic nitrogens is 3. The van der Waals surface area contributed by atoms with Crippen LogP contribution >= 0.6 is 0 Å². The Bertz CT molecular complexity index is 346. The first kappa shape index (κ1) is 11.8. The molecule has 17 heavy (non-hydrogen) atoms. The van der Waals surface area contributed by atoms with E-state index in [0.29, 0.717) is 11.9 Å². The van der Waals surface area contributed by atoms with Crippen LogP contribution < -0.4 is 21.3 Å². The molecule has 1 aliphatic heterocycles. The van der Waals surface area contributed by atoms with Crippen molar-refractivity contribution < 1.29 is 9.47 Å². The number of methoxy groups -OCH3 is 1. The number of rotatable bonds is 5. The largest absolute Gasteiger partial charge is 0.467 e. The van der Waals surface area contributed by atoms with Gasteiger partial charge in [-0.1, -0.05) is 0 Å². The fourth-order valence-electron chi connectivity index (χ4n) is 1.57. The molecular weight excluding hydrogens is 224 g/mol. The van der Waals surface area contributed by atoms with Gasteiger partial charge in [-0.25, -0.2) is 5.84 Å². The van der Waals surface area contributed by atoms with Crippen LogP contribution in [-0.4, -0.2) is 41.8 Å². The minimum absolute atomic E-state index is 0.220. The summed E-state index contributed by atoms with van der Waals surface area (Å²) < 4.78 is 10.2. The molecular formula is C9H16N6O2. The zero-order valence-corrected chi connectivity index (χ0v) is 9.64. The molecule has 1 aromatic heterocycles. The third-order valence-electron chi connectivity index (χ3n) is 2.50. The number of nitrogens with two attached hydrogens (primary N) is 1. The average Bonchev–Trinajstić information content (AvgIpc) is 2.89. The normalized spacial score (nSPS) is 19.1. The zero-order chi connectivity index (χ0) is 12.1. The van der Waals surface area contributed by atoms with Crippen molar-refractivity contribution in [3.8, 4) is 6.01 Å². The topological polar surface area (TPSA) is 107 Å². The summed E-state index contributed by atoms with van der Waals surface area (Å²) in [6, 6.07) is 0.220. The van der Waals surface area contributed by atoms with Gasteiger partial charge in [0.25, 0.3) is 0 Å². The summed E-state index contributed by atoms with van der Waals surface area (Å²) in [4.78, 5) is 12.0. The van der Waals surface area contributed by atoms with E-state index in [2.05, 4.69) is 25.7 Å². The van der Waals surface area contributed by atoms with Crippen LogP contribution in [0.2, 0.25) is 0 Å². The summed E-state index contributed by atoms with van der Waals surface area (Å²) in [5.41, 5.74) is 2.36. The van der Waals surface area contributed by atoms with E-state index in [9.17, 15) is 0 Å². The van der Waals surface area contributed by atoms with Gasteiger partial charge >= 0.3 is 6.01 Å². The molecule has 1 aromatic rings. The number of ether oxygens (including phenoxy) is 2. The molecule has 8 nitrogen and oxygen atoms in total. The van der Waals surface area contributed by atoms with Gasteiger partial charge in [-0.3, -0.25) is 5.43 Å². The summed E-state index contributed by atoms with van der Waals surface area (Å²) >= 11 is 0. The Hall–Kier alpha value is -1.67. The first-order valence-corrected chi connectivity index (χ1v) is 5.40. The third kappa shape index (κ3) is 3.14. The molecule has 1 saturated heterocycles. The summed E-state index contributed by atoms with van der Waals surface area (Å²) in [5.74, 6) is 6.45. The van der Waals surface area contributed by atoms with Gasteiger partial charge < -0.3 is 14.8 Å². The van der Waals surface area contributed by atoms with E-state index in [1.54, 1.807) is 0 Å². The van der Waals surface area contributed by atoms with Gasteiger partial charge in [0.1, 0.15) is 0 Å². The Labute approximate surface area is 98.9 Å². The second kappa shape index (κ2) is 5.60. The van der Waals surface area contributed by atoms with Crippen LogP contribution in [0.3, 0.4) is 0 Å². The van der Waals surface area contributed by atoms with E-state index in [-0.39, 0.29) is 12.0 Å². The van der Waals surface area contributed by atoms with E-state index < -0.39 is 0 Å². The van der Waals surface area contributed by atoms with Crippen LogP contribution in [0, 0.1) is 5.92 Å². The van der Waals surface area contributed by atoms with E-state index in [4.69, 9.17) is 15.3 Å². The highest BCUT2D eigenvalue weighted by molar-refractivity contribution is 5.34. The van der Waals surface area contributed by atoms with Crippen molar-refractivity contribution in [2.75, 3.05) is 37.6 Å². The summed E-state index contributed by atoms with van der Waals surface area (Å²) in [7, 11) is 1.49. The molecule has 1 atom stereocenters. The van der Waals surface area contributed by atoms with E-state index in [0.717, 1.165) is 26.2 Å². The fourth-order valence-corrected chi connectivity index (χ4v) is 1.57. The molecule has 8 heteroatoms. The van der Waals surface area contributed by atoms with E-state index in [1.807, 2.05) is 0 Å². The Kier molecular flexibility index (Phi) is 3.89. The predicted molar refractivity (Wildman–Crippen MR) is 61.6 cm³/mol. The van der Waals surface area contributed by atoms with Gasteiger partial charge in [0, 0.05) is 19.1 Å². The zero-order valence-electron chi connectivity index (χ0n) is 9.64. The highest BCUT2D eigenvalue weighted by Gasteiger charge is 2.16. The van der Waals surface area contributed by atoms with Crippen molar-refractivity contribution in [2.24, 2.45) is 11.8 Å². The molecule has 4 N–H and O–H groups in total. The van der Waals surface area contributed by atoms with Crippen LogP contribution in [0.4, 0.5) is 11.9 Å². The molecule has 0 bridgehead atoms. The number of hydrogen-bond acceptors (Lipinski definition) is 8. The number of anilines is 2. The van der Waals surface area contributed by atoms with Crippen LogP contribution in [0.1, 0.15) is 6.42 Å². The number of nitrogens with one attached hydrogen (secondary N) is 2. The lowest BCUT2D eigenvalue weighted by atomic mass is 10.1. The maximum absolute atomic E-state index is 5.29. The van der Waals surface area contributed by atoms with Crippen molar-refractivity contribution >= 4 is 11.9 Å². The Balaban J connectivity index is 1.98. The lowest BCUT2D eigenvalue weighted by Gasteiger charge is -2.10. The van der Waals surface area contributed by atoms with Gasteiger partial charge in [-0.2, -0.15) is 15.0 Å². The Morgan fingerprint density at radius 2 is 2.24 bits per heavy atom. The molecule has 2 rings (SSSR count). The van der Waals surface area contributed by atoms with Gasteiger partial charge in [-0.05, 0) is 6.42 Å². The van der Waals surface area contributed by atoms with Crippen molar-refractivity contribution in [2.45, 2.75) is 6.42 Å². The smallest absolute Gasteiger partial charge is 0.322 e. The van der Waals surface area contributed by atoms with Crippen molar-refractivity contribution in [1.82, 2.24) is 15.0 Å². The quantitative estimate of drug-likeness (QED) is 0.472. The SMILES string of the molecule is COc1nc(NN)nc(NCC2CCOC2)n1. The minimum atomic E-state index is 0.220. The molecule has 0 aliphatic carbocycles. The highest BCUT2D eigenvalue weighted by Crippen LogP contribution is 2.14. The van der Waals surface area contributed by atoms with E-state index >= 15 is 0 Å². The standard InChI is InChI=1S/C9H16N6O2/c1-16-9-13-7(12-8(14-9)15-10)11-4-6-2-3-17-5-6/h6H,2-5,10H2,1H3,(H2,11,12,13,14,15). The van der Waals surface area contributed by atoms with Gasteiger partial charge in [-0.15, -0.1) is 0 Å². The monoisotopic (exact) mass is 240 g/mol. The Morgan fingerprint density at radius 1 is 1.41 bits per heavy atom. The minimum Gasteiger partial charge on any atom is -0.467 e. The average molecular weight is 240 g/mol. The van der Waals surface area contributed by atoms with Crippen LogP contribution in [0.5, 0.6) is 6.01 Å². The molecule has 1 unspecified atom stereocenters. The fraction of sp³-hybridized carbons (Fsp3) is 0.667. The van der Waals surface area contributed by atoms with Crippen molar-refractivity contribution in [3.63, 3.8) is 0 Å². The first-order valence-electron chi connectivity index (χ1n) is 5.40. The molecule has 1 aliphatic rings. The molecule has 1 fully saturated rings. The summed E-state index contributed by atoms with van der Waals surface area (Å²) in [6.07, 6.45) is 1.05. The second-order valence-electron chi connectivity index (χ2n) is 3.72. The number of hydrazine groups is 1. The second-order valence-corrected chi connectivity index (χ2v) is 3.72. The van der Waals surface area contributed by atoms with Crippen molar-refractivity contribution in [1.29, 1.82) is 0 Å². The summed E-state index contributed by atoms with van der Waals surface area (Å²) in [6.45, 7) is 2.36. The van der Waals surface area contributed by atoms with Gasteiger partial charge in [0.05, 0.1) is 13.7 Å². The molecule has 0 radical (unpaired) electrons. The molecule has 0 spiro atoms. The number of hydrogen-bond donors (Lipinski definition) is 3. The van der Waals surface area contributed by atoms with Gasteiger partial charge in [0.15, 0.2) is 0 Å². The molecule has 0 amide bonds. The van der Waals surface area contributed by atoms with Crippen LogP contribution in [-0.2, 0) is 4.74 Å². The third-order valence-corrected chi connectivity index (χ3v) is 2.50. The molecule has 2 heterocycles. The maximum Gasteiger partial charge on any atom is 0.322 e. The molecule has 94 valence electrons. The van der Waals surface area contributed by atoms with Crippen LogP contribution in [0.15, 0.2) is 0 Å². The predicted octanol–water partition coefficient (Wildman–Crippen LogP) is -0.386. The lowest BCUT2D eigenvalue weighted by Crippen LogP contribution is -2.18. The van der Waals surface area contributed by atoms with E-state index in [1.165, 1.54) is 7.11 Å². The van der Waals surface area contributed by atoms with Crippen LogP contribution in [0.25, 0.3) is 0 Å². The lowest BCUT2D eigenvalue weighted by molar-refractivity contribution is 0.187. The van der Waals surface area contributed by atoms with Crippen molar-refractivity contribution in [3.05, 3.63) is 0 Å². The number of nitrogen functional groups attached to an aromatic ring is 1. The maximum atomic E-state index is 5.29. The summed E-state index contributed by atoms with van der Waals surface area (Å²) in [5, 5.41) is 3.12. The first-order chi connectivity index (χ1) is 8.31. The molecule has 0 saturated carbocycles. The van der Waals surface area contributed by atoms with Gasteiger partial charge in [0.2, 0.25) is 11.9 Å².